The lowest BCUT2D eigenvalue weighted by atomic mass is 9.78. The van der Waals surface area contributed by atoms with Crippen LogP contribution in [-0.4, -0.2) is 59.7 Å². The van der Waals surface area contributed by atoms with E-state index < -0.39 is 0 Å². The van der Waals surface area contributed by atoms with Gasteiger partial charge in [0.25, 0.3) is 0 Å². The van der Waals surface area contributed by atoms with Crippen LogP contribution < -0.4 is 4.90 Å². The molecular weight excluding hydrogens is 292 g/mol. The first-order valence-corrected chi connectivity index (χ1v) is 8.68. The predicted molar refractivity (Wildman–Crippen MR) is 86.1 cm³/mol. The lowest BCUT2D eigenvalue weighted by molar-refractivity contribution is -0.139. The van der Waals surface area contributed by atoms with Gasteiger partial charge in [-0.15, -0.1) is 0 Å². The van der Waals surface area contributed by atoms with Crippen molar-refractivity contribution in [2.75, 3.05) is 37.7 Å². The summed E-state index contributed by atoms with van der Waals surface area (Å²) in [5.41, 5.74) is -0.214. The van der Waals surface area contributed by atoms with E-state index in [1.54, 1.807) is 18.6 Å². The van der Waals surface area contributed by atoms with Gasteiger partial charge in [-0.25, -0.2) is 4.98 Å². The third kappa shape index (κ3) is 2.69. The molecule has 4 rings (SSSR count). The third-order valence-corrected chi connectivity index (χ3v) is 5.63. The lowest BCUT2D eigenvalue weighted by Crippen LogP contribution is -2.50. The van der Waals surface area contributed by atoms with Crippen molar-refractivity contribution in [3.05, 3.63) is 18.6 Å². The largest absolute Gasteiger partial charge is 0.381 e. The van der Waals surface area contributed by atoms with Gasteiger partial charge in [-0.1, -0.05) is 0 Å². The van der Waals surface area contributed by atoms with Gasteiger partial charge in [-0.05, 0) is 32.1 Å². The van der Waals surface area contributed by atoms with Gasteiger partial charge in [0.1, 0.15) is 5.82 Å². The number of carbonyl (C=O) groups excluding carboxylic acids is 1. The Bertz CT molecular complexity index is 561. The summed E-state index contributed by atoms with van der Waals surface area (Å²) in [6.45, 7) is 4.22. The summed E-state index contributed by atoms with van der Waals surface area (Å²) in [5, 5.41) is 0. The van der Waals surface area contributed by atoms with Gasteiger partial charge < -0.3 is 14.5 Å². The molecule has 3 aliphatic heterocycles. The minimum atomic E-state index is -0.214. The fourth-order valence-corrected chi connectivity index (χ4v) is 4.35. The topological polar surface area (TPSA) is 58.6 Å². The number of nitrogens with zero attached hydrogens (tertiary/aromatic N) is 4. The molecule has 1 atom stereocenters. The minimum absolute atomic E-state index is 0.214. The molecule has 1 spiro atoms. The second-order valence-electron chi connectivity index (χ2n) is 6.96. The smallest absolute Gasteiger partial charge is 0.230 e. The van der Waals surface area contributed by atoms with Crippen LogP contribution >= 0.6 is 0 Å². The van der Waals surface area contributed by atoms with Crippen molar-refractivity contribution < 1.29 is 9.53 Å². The van der Waals surface area contributed by atoms with Gasteiger partial charge in [-0.2, -0.15) is 0 Å². The molecule has 0 radical (unpaired) electrons. The zero-order valence-corrected chi connectivity index (χ0v) is 13.5. The van der Waals surface area contributed by atoms with Crippen LogP contribution in [0.5, 0.6) is 0 Å². The highest BCUT2D eigenvalue weighted by atomic mass is 16.5. The molecule has 0 unspecified atom stereocenters. The summed E-state index contributed by atoms with van der Waals surface area (Å²) >= 11 is 0. The number of aromatic nitrogens is 2. The maximum absolute atomic E-state index is 13.2. The summed E-state index contributed by atoms with van der Waals surface area (Å²) < 4.78 is 5.44. The van der Waals surface area contributed by atoms with Gasteiger partial charge in [-0.3, -0.25) is 9.78 Å². The van der Waals surface area contributed by atoms with Crippen LogP contribution in [0.4, 0.5) is 5.82 Å². The Morgan fingerprint density at radius 3 is 2.83 bits per heavy atom. The number of likely N-dealkylation sites (tertiary alicyclic amines) is 1. The maximum Gasteiger partial charge on any atom is 0.230 e. The molecule has 1 aromatic rings. The van der Waals surface area contributed by atoms with Crippen molar-refractivity contribution in [2.24, 2.45) is 5.41 Å². The molecule has 3 saturated heterocycles. The van der Waals surface area contributed by atoms with E-state index in [1.165, 1.54) is 0 Å². The molecule has 0 saturated carbocycles. The number of anilines is 1. The van der Waals surface area contributed by atoms with E-state index in [4.69, 9.17) is 4.74 Å². The highest BCUT2D eigenvalue weighted by Crippen LogP contribution is 2.42. The van der Waals surface area contributed by atoms with Crippen LogP contribution in [0, 0.1) is 5.41 Å². The van der Waals surface area contributed by atoms with Crippen LogP contribution in [0.15, 0.2) is 18.6 Å². The predicted octanol–water partition coefficient (Wildman–Crippen LogP) is 1.47. The minimum Gasteiger partial charge on any atom is -0.381 e. The van der Waals surface area contributed by atoms with E-state index in [-0.39, 0.29) is 5.41 Å². The van der Waals surface area contributed by atoms with Gasteiger partial charge in [0.2, 0.25) is 5.91 Å². The zero-order valence-electron chi connectivity index (χ0n) is 13.5. The van der Waals surface area contributed by atoms with E-state index in [0.29, 0.717) is 11.9 Å². The first kappa shape index (κ1) is 14.9. The zero-order chi connectivity index (χ0) is 15.7. The molecule has 6 nitrogen and oxygen atoms in total. The Morgan fingerprint density at radius 1 is 1.17 bits per heavy atom. The molecule has 3 aliphatic rings. The van der Waals surface area contributed by atoms with Crippen molar-refractivity contribution in [3.8, 4) is 0 Å². The molecule has 4 heterocycles. The molecule has 1 amide bonds. The van der Waals surface area contributed by atoms with E-state index in [2.05, 4.69) is 19.8 Å². The Morgan fingerprint density at radius 2 is 2.04 bits per heavy atom. The van der Waals surface area contributed by atoms with Crippen molar-refractivity contribution in [2.45, 2.75) is 38.1 Å². The van der Waals surface area contributed by atoms with Crippen molar-refractivity contribution in [1.82, 2.24) is 14.9 Å². The molecule has 0 aromatic carbocycles. The molecule has 0 bridgehead atoms. The Balaban J connectivity index is 1.50. The van der Waals surface area contributed by atoms with Crippen LogP contribution in [0.1, 0.15) is 32.1 Å². The Hall–Kier alpha value is -1.69. The number of rotatable bonds is 2. The fourth-order valence-electron chi connectivity index (χ4n) is 4.35. The van der Waals surface area contributed by atoms with E-state index >= 15 is 0 Å². The number of ether oxygens (including phenoxy) is 1. The highest BCUT2D eigenvalue weighted by Gasteiger charge is 2.50. The SMILES string of the molecule is O=C1N(C2CCOCC2)CC[C@@]12CCCN(c1cnccn1)C2. The molecule has 0 aliphatic carbocycles. The second-order valence-corrected chi connectivity index (χ2v) is 6.96. The van der Waals surface area contributed by atoms with E-state index in [0.717, 1.165) is 70.8 Å². The van der Waals surface area contributed by atoms with Gasteiger partial charge in [0.15, 0.2) is 0 Å². The first-order chi connectivity index (χ1) is 11.3. The lowest BCUT2D eigenvalue weighted by Gasteiger charge is -2.40. The summed E-state index contributed by atoms with van der Waals surface area (Å²) in [5.74, 6) is 1.25. The first-order valence-electron chi connectivity index (χ1n) is 8.68. The number of carbonyl (C=O) groups is 1. The van der Waals surface area contributed by atoms with Crippen LogP contribution in [0.25, 0.3) is 0 Å². The van der Waals surface area contributed by atoms with Gasteiger partial charge >= 0.3 is 0 Å². The quantitative estimate of drug-likeness (QED) is 0.827. The van der Waals surface area contributed by atoms with E-state index in [9.17, 15) is 4.79 Å². The molecule has 124 valence electrons. The van der Waals surface area contributed by atoms with Crippen molar-refractivity contribution in [3.63, 3.8) is 0 Å². The number of piperidine rings is 1. The fraction of sp³-hybridized carbons (Fsp3) is 0.706. The van der Waals surface area contributed by atoms with Crippen LogP contribution in [0.2, 0.25) is 0 Å². The average Bonchev–Trinajstić information content (AvgIpc) is 2.93. The molecule has 3 fully saturated rings. The van der Waals surface area contributed by atoms with Crippen molar-refractivity contribution in [1.29, 1.82) is 0 Å². The van der Waals surface area contributed by atoms with Gasteiger partial charge in [0.05, 0.1) is 11.6 Å². The molecule has 0 N–H and O–H groups in total. The molecule has 1 aromatic heterocycles. The van der Waals surface area contributed by atoms with Crippen LogP contribution in [0.3, 0.4) is 0 Å². The number of amides is 1. The molecule has 23 heavy (non-hydrogen) atoms. The molecule has 6 heteroatoms. The van der Waals surface area contributed by atoms with E-state index in [1.807, 2.05) is 0 Å². The monoisotopic (exact) mass is 316 g/mol. The maximum atomic E-state index is 13.2. The Kier molecular flexibility index (Phi) is 3.93. The summed E-state index contributed by atoms with van der Waals surface area (Å²) in [4.78, 5) is 26.1. The standard InChI is InChI=1S/C17H24N4O2/c22-16-17(5-9-21(16)14-2-10-23-11-3-14)4-1-8-20(13-17)15-12-18-6-7-19-15/h6-7,12,14H,1-5,8-11,13H2/t17-/m1/s1. The molecular formula is C17H24N4O2. The number of hydrogen-bond acceptors (Lipinski definition) is 5. The van der Waals surface area contributed by atoms with Gasteiger partial charge in [0, 0.05) is 51.3 Å². The third-order valence-electron chi connectivity index (χ3n) is 5.63. The van der Waals surface area contributed by atoms with Crippen LogP contribution in [-0.2, 0) is 9.53 Å². The summed E-state index contributed by atoms with van der Waals surface area (Å²) in [6.07, 6.45) is 10.2. The number of hydrogen-bond donors (Lipinski definition) is 0. The summed E-state index contributed by atoms with van der Waals surface area (Å²) in [7, 11) is 0. The van der Waals surface area contributed by atoms with Crippen molar-refractivity contribution >= 4 is 11.7 Å². The summed E-state index contributed by atoms with van der Waals surface area (Å²) in [6, 6.07) is 0.377. The Labute approximate surface area is 136 Å². The normalized spacial score (nSPS) is 29.5. The average molecular weight is 316 g/mol. The highest BCUT2D eigenvalue weighted by molar-refractivity contribution is 5.86. The second kappa shape index (κ2) is 6.07.